The lowest BCUT2D eigenvalue weighted by Crippen LogP contribution is -2.40. The van der Waals surface area contributed by atoms with E-state index >= 15 is 0 Å². The van der Waals surface area contributed by atoms with Crippen LogP contribution in [0.15, 0.2) is 18.2 Å². The Bertz CT molecular complexity index is 658. The van der Waals surface area contributed by atoms with Gasteiger partial charge in [-0.05, 0) is 23.6 Å². The van der Waals surface area contributed by atoms with E-state index in [0.717, 1.165) is 10.6 Å². The average Bonchev–Trinajstić information content (AvgIpc) is 2.51. The van der Waals surface area contributed by atoms with Crippen molar-refractivity contribution in [1.82, 2.24) is 9.62 Å². The number of carbonyl (C=O) groups is 1. The van der Waals surface area contributed by atoms with Crippen molar-refractivity contribution in [1.29, 1.82) is 0 Å². The molecule has 1 rings (SSSR count). The van der Waals surface area contributed by atoms with Gasteiger partial charge in [0, 0.05) is 13.1 Å². The van der Waals surface area contributed by atoms with Crippen LogP contribution in [-0.4, -0.2) is 52.2 Å². The molecular formula is C16H26N2O5S. The fraction of sp³-hybridized carbons (Fsp3) is 0.562. The van der Waals surface area contributed by atoms with Crippen molar-refractivity contribution in [3.05, 3.63) is 23.8 Å². The van der Waals surface area contributed by atoms with Crippen LogP contribution >= 0.6 is 0 Å². The summed E-state index contributed by atoms with van der Waals surface area (Å²) in [5, 5.41) is 2.72. The number of benzene rings is 1. The first kappa shape index (κ1) is 20.2. The quantitative estimate of drug-likeness (QED) is 0.718. The Morgan fingerprint density at radius 2 is 1.83 bits per heavy atom. The van der Waals surface area contributed by atoms with Gasteiger partial charge in [-0.25, -0.2) is 8.42 Å². The lowest BCUT2D eigenvalue weighted by Gasteiger charge is -2.20. The van der Waals surface area contributed by atoms with Crippen molar-refractivity contribution in [2.75, 3.05) is 33.6 Å². The van der Waals surface area contributed by atoms with Crippen molar-refractivity contribution in [2.24, 2.45) is 5.92 Å². The maximum Gasteiger partial charge on any atom is 0.235 e. The highest BCUT2D eigenvalue weighted by molar-refractivity contribution is 7.88. The first-order valence-corrected chi connectivity index (χ1v) is 9.45. The molecule has 0 saturated heterocycles. The monoisotopic (exact) mass is 358 g/mol. The van der Waals surface area contributed by atoms with Crippen LogP contribution in [0.1, 0.15) is 19.4 Å². The van der Waals surface area contributed by atoms with Gasteiger partial charge in [0.25, 0.3) is 0 Å². The predicted molar refractivity (Wildman–Crippen MR) is 92.6 cm³/mol. The van der Waals surface area contributed by atoms with Gasteiger partial charge in [0.15, 0.2) is 11.5 Å². The molecule has 1 amide bonds. The second kappa shape index (κ2) is 8.89. The van der Waals surface area contributed by atoms with Crippen molar-refractivity contribution in [3.63, 3.8) is 0 Å². The standard InChI is InChI=1S/C16H26N2O5S/c1-12(2)9-17-16(19)11-18(24(5,20)21)10-13-6-7-14(22-3)15(8-13)23-4/h6-8,12H,9-11H2,1-5H3,(H,17,19). The number of hydrogen-bond acceptors (Lipinski definition) is 5. The highest BCUT2D eigenvalue weighted by atomic mass is 32.2. The topological polar surface area (TPSA) is 84.9 Å². The summed E-state index contributed by atoms with van der Waals surface area (Å²) in [5.41, 5.74) is 0.703. The normalized spacial score (nSPS) is 11.6. The lowest BCUT2D eigenvalue weighted by molar-refractivity contribution is -0.121. The summed E-state index contributed by atoms with van der Waals surface area (Å²) < 4.78 is 35.5. The zero-order valence-electron chi connectivity index (χ0n) is 14.8. The third-order valence-electron chi connectivity index (χ3n) is 3.30. The molecule has 0 aliphatic carbocycles. The van der Waals surface area contributed by atoms with E-state index in [1.807, 2.05) is 13.8 Å². The Morgan fingerprint density at radius 3 is 2.33 bits per heavy atom. The van der Waals surface area contributed by atoms with Crippen LogP contribution in [0.25, 0.3) is 0 Å². The Balaban J connectivity index is 2.89. The maximum absolute atomic E-state index is 12.0. The van der Waals surface area contributed by atoms with E-state index in [4.69, 9.17) is 9.47 Å². The SMILES string of the molecule is COc1ccc(CN(CC(=O)NCC(C)C)S(C)(=O)=O)cc1OC. The van der Waals surface area contributed by atoms with Gasteiger partial charge < -0.3 is 14.8 Å². The van der Waals surface area contributed by atoms with Crippen LogP contribution in [0.2, 0.25) is 0 Å². The lowest BCUT2D eigenvalue weighted by atomic mass is 10.2. The minimum atomic E-state index is -3.53. The zero-order valence-corrected chi connectivity index (χ0v) is 15.6. The van der Waals surface area contributed by atoms with Gasteiger partial charge in [0.2, 0.25) is 15.9 Å². The minimum absolute atomic E-state index is 0.0777. The van der Waals surface area contributed by atoms with Crippen LogP contribution in [0.5, 0.6) is 11.5 Å². The smallest absolute Gasteiger partial charge is 0.235 e. The van der Waals surface area contributed by atoms with E-state index < -0.39 is 10.0 Å². The minimum Gasteiger partial charge on any atom is -0.493 e. The van der Waals surface area contributed by atoms with Gasteiger partial charge in [-0.15, -0.1) is 0 Å². The van der Waals surface area contributed by atoms with Crippen LogP contribution in [0, 0.1) is 5.92 Å². The zero-order chi connectivity index (χ0) is 18.3. The molecule has 1 aromatic rings. The van der Waals surface area contributed by atoms with Crippen molar-refractivity contribution >= 4 is 15.9 Å². The Kier molecular flexibility index (Phi) is 7.50. The van der Waals surface area contributed by atoms with Gasteiger partial charge in [-0.3, -0.25) is 4.79 Å². The van der Waals surface area contributed by atoms with E-state index in [1.165, 1.54) is 14.2 Å². The molecule has 0 saturated carbocycles. The van der Waals surface area contributed by atoms with Gasteiger partial charge in [0.05, 0.1) is 27.0 Å². The summed E-state index contributed by atoms with van der Waals surface area (Å²) in [6.45, 7) is 4.30. The molecule has 0 bridgehead atoms. The fourth-order valence-corrected chi connectivity index (χ4v) is 2.74. The molecule has 0 aliphatic rings. The van der Waals surface area contributed by atoms with Crippen LogP contribution in [-0.2, 0) is 21.4 Å². The molecule has 0 fully saturated rings. The Hall–Kier alpha value is -1.80. The number of nitrogens with one attached hydrogen (secondary N) is 1. The van der Waals surface area contributed by atoms with Crippen molar-refractivity contribution < 1.29 is 22.7 Å². The first-order valence-electron chi connectivity index (χ1n) is 7.60. The molecule has 0 aliphatic heterocycles. The molecule has 0 atom stereocenters. The molecule has 24 heavy (non-hydrogen) atoms. The number of carbonyl (C=O) groups excluding carboxylic acids is 1. The predicted octanol–water partition coefficient (Wildman–Crippen LogP) is 1.24. The summed E-state index contributed by atoms with van der Waals surface area (Å²) in [5.74, 6) is 1.04. The molecule has 7 nitrogen and oxygen atoms in total. The molecule has 8 heteroatoms. The molecule has 0 unspecified atom stereocenters. The summed E-state index contributed by atoms with van der Waals surface area (Å²) in [6, 6.07) is 5.14. The molecule has 0 radical (unpaired) electrons. The van der Waals surface area contributed by atoms with E-state index in [0.29, 0.717) is 29.5 Å². The molecule has 0 aromatic heterocycles. The third-order valence-corrected chi connectivity index (χ3v) is 4.50. The highest BCUT2D eigenvalue weighted by Gasteiger charge is 2.21. The average molecular weight is 358 g/mol. The molecule has 1 N–H and O–H groups in total. The number of nitrogens with zero attached hydrogens (tertiary/aromatic N) is 1. The van der Waals surface area contributed by atoms with Crippen LogP contribution in [0.3, 0.4) is 0 Å². The summed E-state index contributed by atoms with van der Waals surface area (Å²) in [4.78, 5) is 12.0. The number of amides is 1. The third kappa shape index (κ3) is 6.37. The van der Waals surface area contributed by atoms with Crippen molar-refractivity contribution in [2.45, 2.75) is 20.4 Å². The highest BCUT2D eigenvalue weighted by Crippen LogP contribution is 2.28. The Morgan fingerprint density at radius 1 is 1.21 bits per heavy atom. The molecular weight excluding hydrogens is 332 g/mol. The van der Waals surface area contributed by atoms with Gasteiger partial charge in [0.1, 0.15) is 0 Å². The number of methoxy groups -OCH3 is 2. The summed E-state index contributed by atoms with van der Waals surface area (Å²) >= 11 is 0. The maximum atomic E-state index is 12.0. The van der Waals surface area contributed by atoms with E-state index in [1.54, 1.807) is 18.2 Å². The molecule has 0 heterocycles. The summed E-state index contributed by atoms with van der Waals surface area (Å²) in [7, 11) is -0.495. The Labute approximate surface area is 144 Å². The van der Waals surface area contributed by atoms with Crippen LogP contribution in [0.4, 0.5) is 0 Å². The number of ether oxygens (including phenoxy) is 2. The molecule has 0 spiro atoms. The number of sulfonamides is 1. The second-order valence-electron chi connectivity index (χ2n) is 5.92. The van der Waals surface area contributed by atoms with Gasteiger partial charge in [-0.1, -0.05) is 19.9 Å². The summed E-state index contributed by atoms with van der Waals surface area (Å²) in [6.07, 6.45) is 1.09. The van der Waals surface area contributed by atoms with Crippen LogP contribution < -0.4 is 14.8 Å². The second-order valence-corrected chi connectivity index (χ2v) is 7.90. The molecule has 1 aromatic carbocycles. The largest absolute Gasteiger partial charge is 0.493 e. The van der Waals surface area contributed by atoms with E-state index in [-0.39, 0.29) is 19.0 Å². The molecule has 136 valence electrons. The fourth-order valence-electron chi connectivity index (χ4n) is 2.01. The van der Waals surface area contributed by atoms with Gasteiger partial charge >= 0.3 is 0 Å². The van der Waals surface area contributed by atoms with Gasteiger partial charge in [-0.2, -0.15) is 4.31 Å². The van der Waals surface area contributed by atoms with E-state index in [9.17, 15) is 13.2 Å². The number of hydrogen-bond donors (Lipinski definition) is 1. The first-order chi connectivity index (χ1) is 11.2. The van der Waals surface area contributed by atoms with E-state index in [2.05, 4.69) is 5.32 Å². The van der Waals surface area contributed by atoms with Crippen molar-refractivity contribution in [3.8, 4) is 11.5 Å². The number of rotatable bonds is 9.